The molecule has 0 radical (unpaired) electrons. The van der Waals surface area contributed by atoms with Crippen molar-refractivity contribution < 1.29 is 9.53 Å². The van der Waals surface area contributed by atoms with E-state index in [4.69, 9.17) is 4.74 Å². The van der Waals surface area contributed by atoms with Crippen LogP contribution in [0, 0.1) is 13.8 Å². The lowest BCUT2D eigenvalue weighted by molar-refractivity contribution is -0.143. The summed E-state index contributed by atoms with van der Waals surface area (Å²) in [5.74, 6) is -0.127. The number of hydrogen-bond donors (Lipinski definition) is 0. The van der Waals surface area contributed by atoms with Gasteiger partial charge in [-0.15, -0.1) is 0 Å². The van der Waals surface area contributed by atoms with Crippen molar-refractivity contribution in [3.8, 4) is 0 Å². The number of aryl methyl sites for hydroxylation is 4. The Balaban J connectivity index is 1.62. The zero-order chi connectivity index (χ0) is 15.8. The maximum absolute atomic E-state index is 11.7. The third-order valence-electron chi connectivity index (χ3n) is 3.52. The summed E-state index contributed by atoms with van der Waals surface area (Å²) in [6.07, 6.45) is 2.82. The molecule has 116 valence electrons. The topological polar surface area (TPSA) is 39.2 Å². The highest BCUT2D eigenvalue weighted by atomic mass is 16.5. The van der Waals surface area contributed by atoms with Crippen LogP contribution in [0.1, 0.15) is 35.4 Å². The number of aromatic nitrogens is 1. The van der Waals surface area contributed by atoms with Crippen molar-refractivity contribution in [1.82, 2.24) is 4.98 Å². The highest BCUT2D eigenvalue weighted by Crippen LogP contribution is 2.07. The van der Waals surface area contributed by atoms with E-state index in [1.165, 1.54) is 11.1 Å². The van der Waals surface area contributed by atoms with Gasteiger partial charge in [-0.1, -0.05) is 35.9 Å². The van der Waals surface area contributed by atoms with Crippen molar-refractivity contribution in [2.45, 2.75) is 39.5 Å². The van der Waals surface area contributed by atoms with E-state index in [1.54, 1.807) is 0 Å². The van der Waals surface area contributed by atoms with Gasteiger partial charge < -0.3 is 4.74 Å². The average Bonchev–Trinajstić information content (AvgIpc) is 2.51. The molecule has 0 bridgehead atoms. The smallest absolute Gasteiger partial charge is 0.306 e. The van der Waals surface area contributed by atoms with Crippen LogP contribution in [0.3, 0.4) is 0 Å². The molecule has 2 aromatic rings. The quantitative estimate of drug-likeness (QED) is 0.576. The minimum Gasteiger partial charge on any atom is -0.466 e. The molecular formula is C19H23NO2. The first-order chi connectivity index (χ1) is 10.6. The molecule has 0 N–H and O–H groups in total. The summed E-state index contributed by atoms with van der Waals surface area (Å²) < 4.78 is 5.27. The number of benzene rings is 1. The molecule has 3 nitrogen and oxygen atoms in total. The standard InChI is InChI=1S/C19H23NO2/c1-15-8-10-17(11-9-15)12-13-19(21)22-14-4-7-18-6-3-5-16(2)20-18/h3,5-6,8-11H,4,7,12-14H2,1-2H3. The minimum atomic E-state index is -0.127. The maximum Gasteiger partial charge on any atom is 0.306 e. The largest absolute Gasteiger partial charge is 0.466 e. The zero-order valence-electron chi connectivity index (χ0n) is 13.3. The Hall–Kier alpha value is -2.16. The van der Waals surface area contributed by atoms with E-state index in [0.717, 1.165) is 30.7 Å². The molecule has 3 heteroatoms. The Labute approximate surface area is 132 Å². The summed E-state index contributed by atoms with van der Waals surface area (Å²) in [7, 11) is 0. The van der Waals surface area contributed by atoms with Gasteiger partial charge in [0.25, 0.3) is 0 Å². The maximum atomic E-state index is 11.7. The highest BCUT2D eigenvalue weighted by molar-refractivity contribution is 5.69. The molecule has 1 aromatic heterocycles. The van der Waals surface area contributed by atoms with Crippen LogP contribution in [0.4, 0.5) is 0 Å². The van der Waals surface area contributed by atoms with E-state index >= 15 is 0 Å². The summed E-state index contributed by atoms with van der Waals surface area (Å²) >= 11 is 0. The summed E-state index contributed by atoms with van der Waals surface area (Å²) in [6, 6.07) is 14.2. The van der Waals surface area contributed by atoms with Crippen molar-refractivity contribution in [2.75, 3.05) is 6.61 Å². The van der Waals surface area contributed by atoms with Crippen LogP contribution in [0.15, 0.2) is 42.5 Å². The third kappa shape index (κ3) is 5.68. The second-order valence-electron chi connectivity index (χ2n) is 5.58. The van der Waals surface area contributed by atoms with Gasteiger partial charge in [0.2, 0.25) is 0 Å². The Bertz CT molecular complexity index is 605. The van der Waals surface area contributed by atoms with Crippen LogP contribution in [0.2, 0.25) is 0 Å². The van der Waals surface area contributed by atoms with E-state index in [-0.39, 0.29) is 5.97 Å². The Morgan fingerprint density at radius 2 is 1.82 bits per heavy atom. The van der Waals surface area contributed by atoms with Crippen LogP contribution in [0.5, 0.6) is 0 Å². The molecule has 0 amide bonds. The molecule has 0 atom stereocenters. The predicted molar refractivity (Wildman–Crippen MR) is 87.8 cm³/mol. The Morgan fingerprint density at radius 1 is 1.05 bits per heavy atom. The normalized spacial score (nSPS) is 10.5. The van der Waals surface area contributed by atoms with Crippen molar-refractivity contribution >= 4 is 5.97 Å². The van der Waals surface area contributed by atoms with Gasteiger partial charge in [-0.25, -0.2) is 0 Å². The van der Waals surface area contributed by atoms with Gasteiger partial charge >= 0.3 is 5.97 Å². The summed E-state index contributed by atoms with van der Waals surface area (Å²) in [5, 5.41) is 0. The van der Waals surface area contributed by atoms with E-state index in [1.807, 2.05) is 25.1 Å². The van der Waals surface area contributed by atoms with E-state index in [2.05, 4.69) is 36.2 Å². The Kier molecular flexibility index (Phi) is 6.13. The number of ether oxygens (including phenoxy) is 1. The minimum absolute atomic E-state index is 0.127. The molecule has 0 fully saturated rings. The van der Waals surface area contributed by atoms with E-state index in [9.17, 15) is 4.79 Å². The first-order valence-electron chi connectivity index (χ1n) is 7.77. The molecule has 0 aliphatic heterocycles. The predicted octanol–water partition coefficient (Wildman–Crippen LogP) is 3.81. The highest BCUT2D eigenvalue weighted by Gasteiger charge is 2.04. The van der Waals surface area contributed by atoms with Gasteiger partial charge in [0, 0.05) is 17.8 Å². The van der Waals surface area contributed by atoms with E-state index < -0.39 is 0 Å². The van der Waals surface area contributed by atoms with E-state index in [0.29, 0.717) is 13.0 Å². The fourth-order valence-corrected chi connectivity index (χ4v) is 2.25. The van der Waals surface area contributed by atoms with Crippen LogP contribution in [0.25, 0.3) is 0 Å². The molecule has 0 saturated carbocycles. The second-order valence-corrected chi connectivity index (χ2v) is 5.58. The number of esters is 1. The van der Waals surface area contributed by atoms with Crippen LogP contribution in [-0.4, -0.2) is 17.6 Å². The number of carbonyl (C=O) groups excluding carboxylic acids is 1. The molecule has 1 aromatic carbocycles. The fourth-order valence-electron chi connectivity index (χ4n) is 2.25. The molecule has 0 aliphatic carbocycles. The van der Waals surface area contributed by atoms with Gasteiger partial charge in [-0.3, -0.25) is 9.78 Å². The second kappa shape index (κ2) is 8.32. The zero-order valence-corrected chi connectivity index (χ0v) is 13.3. The molecule has 0 aliphatic rings. The van der Waals surface area contributed by atoms with Gasteiger partial charge in [0.15, 0.2) is 0 Å². The lowest BCUT2D eigenvalue weighted by Crippen LogP contribution is -2.08. The number of hydrogen-bond acceptors (Lipinski definition) is 3. The lowest BCUT2D eigenvalue weighted by Gasteiger charge is -2.06. The number of carbonyl (C=O) groups is 1. The fraction of sp³-hybridized carbons (Fsp3) is 0.368. The molecule has 22 heavy (non-hydrogen) atoms. The van der Waals surface area contributed by atoms with Crippen molar-refractivity contribution in [2.24, 2.45) is 0 Å². The SMILES string of the molecule is Cc1ccc(CCC(=O)OCCCc2cccc(C)n2)cc1. The van der Waals surface area contributed by atoms with Crippen molar-refractivity contribution in [3.05, 3.63) is 65.0 Å². The average molecular weight is 297 g/mol. The molecule has 0 saturated heterocycles. The molecule has 0 unspecified atom stereocenters. The van der Waals surface area contributed by atoms with Crippen LogP contribution < -0.4 is 0 Å². The number of nitrogens with zero attached hydrogens (tertiary/aromatic N) is 1. The van der Waals surface area contributed by atoms with Gasteiger partial charge in [0.1, 0.15) is 0 Å². The van der Waals surface area contributed by atoms with Gasteiger partial charge in [-0.2, -0.15) is 0 Å². The number of rotatable bonds is 7. The number of pyridine rings is 1. The lowest BCUT2D eigenvalue weighted by atomic mass is 10.1. The van der Waals surface area contributed by atoms with Crippen LogP contribution >= 0.6 is 0 Å². The molecule has 1 heterocycles. The third-order valence-corrected chi connectivity index (χ3v) is 3.52. The molecular weight excluding hydrogens is 274 g/mol. The summed E-state index contributed by atoms with van der Waals surface area (Å²) in [6.45, 7) is 4.50. The monoisotopic (exact) mass is 297 g/mol. The van der Waals surface area contributed by atoms with Crippen molar-refractivity contribution in [1.29, 1.82) is 0 Å². The summed E-state index contributed by atoms with van der Waals surface area (Å²) in [5.41, 5.74) is 4.48. The summed E-state index contributed by atoms with van der Waals surface area (Å²) in [4.78, 5) is 16.1. The van der Waals surface area contributed by atoms with Crippen LogP contribution in [-0.2, 0) is 22.4 Å². The molecule has 0 spiro atoms. The first-order valence-corrected chi connectivity index (χ1v) is 7.77. The Morgan fingerprint density at radius 3 is 2.55 bits per heavy atom. The van der Waals surface area contributed by atoms with Crippen molar-refractivity contribution in [3.63, 3.8) is 0 Å². The van der Waals surface area contributed by atoms with Gasteiger partial charge in [0.05, 0.1) is 6.61 Å². The van der Waals surface area contributed by atoms with Gasteiger partial charge in [-0.05, 0) is 50.8 Å². The molecule has 2 rings (SSSR count). The first kappa shape index (κ1) is 16.2.